The molecule has 0 saturated heterocycles. The van der Waals surface area contributed by atoms with Crippen molar-refractivity contribution in [3.05, 3.63) is 38.4 Å². The summed E-state index contributed by atoms with van der Waals surface area (Å²) in [6.07, 6.45) is 8.33. The van der Waals surface area contributed by atoms with Crippen molar-refractivity contribution < 1.29 is 4.79 Å². The zero-order valence-electron chi connectivity index (χ0n) is 18.5. The summed E-state index contributed by atoms with van der Waals surface area (Å²) in [6.45, 7) is 0. The van der Waals surface area contributed by atoms with Crippen molar-refractivity contribution in [2.75, 3.05) is 29.6 Å². The van der Waals surface area contributed by atoms with Crippen LogP contribution in [0.3, 0.4) is 0 Å². The van der Waals surface area contributed by atoms with Crippen LogP contribution in [0.4, 0.5) is 22.2 Å². The first-order chi connectivity index (χ1) is 15.4. The molecule has 4 rings (SSSR count). The molecule has 0 aliphatic heterocycles. The summed E-state index contributed by atoms with van der Waals surface area (Å²) in [5.74, 6) is 1.78. The first-order valence-corrected chi connectivity index (χ1v) is 12.8. The Labute approximate surface area is 206 Å². The van der Waals surface area contributed by atoms with E-state index in [4.69, 9.17) is 9.97 Å². The molecular weight excluding hydrogens is 536 g/mol. The average Bonchev–Trinajstić information content (AvgIpc) is 2.76. The first kappa shape index (κ1) is 23.3. The third-order valence-electron chi connectivity index (χ3n) is 6.16. The van der Waals surface area contributed by atoms with E-state index in [0.29, 0.717) is 6.04 Å². The lowest BCUT2D eigenvalue weighted by Crippen LogP contribution is -2.42. The molecule has 9 heteroatoms. The number of carbonyl (C=O) groups is 1. The van der Waals surface area contributed by atoms with Crippen molar-refractivity contribution in [2.45, 2.75) is 63.5 Å². The molecule has 7 nitrogen and oxygen atoms in total. The number of hydrogen-bond acceptors (Lipinski definition) is 5. The van der Waals surface area contributed by atoms with E-state index in [0.717, 1.165) is 64.9 Å². The second kappa shape index (κ2) is 10.4. The molecule has 0 unspecified atom stereocenters. The molecule has 2 aromatic rings. The van der Waals surface area contributed by atoms with Crippen molar-refractivity contribution in [3.8, 4) is 0 Å². The van der Waals surface area contributed by atoms with Gasteiger partial charge in [-0.25, -0.2) is 9.78 Å². The van der Waals surface area contributed by atoms with Crippen LogP contribution >= 0.6 is 31.9 Å². The van der Waals surface area contributed by atoms with E-state index >= 15 is 0 Å². The minimum Gasteiger partial charge on any atom is -0.362 e. The molecule has 1 aromatic carbocycles. The number of amides is 2. The van der Waals surface area contributed by atoms with Gasteiger partial charge >= 0.3 is 6.03 Å². The maximum Gasteiger partial charge on any atom is 0.319 e. The minimum absolute atomic E-state index is 0.168. The van der Waals surface area contributed by atoms with Crippen molar-refractivity contribution in [1.29, 1.82) is 0 Å². The summed E-state index contributed by atoms with van der Waals surface area (Å²) in [5, 5.41) is 9.60. The lowest BCUT2D eigenvalue weighted by molar-refractivity contribution is 0.243. The standard InChI is InChI=1S/C23H30Br2N6O/c1-31(2)21-17-5-3-4-6-19(17)28-22(30-21)26-15-8-10-16(11-9-15)27-23(32)29-20-12-7-14(24)13-18(20)25/h7,12-13,15-16H,3-6,8-11H2,1-2H3,(H,26,28,30)(H2,27,29,32)/t15-,16+. The Kier molecular flexibility index (Phi) is 7.55. The van der Waals surface area contributed by atoms with Crippen molar-refractivity contribution in [1.82, 2.24) is 15.3 Å². The molecule has 172 valence electrons. The van der Waals surface area contributed by atoms with Gasteiger partial charge in [0, 0.05) is 40.7 Å². The predicted octanol–water partition coefficient (Wildman–Crippen LogP) is 5.49. The SMILES string of the molecule is CN(C)c1nc(N[C@H]2CC[C@@H](NC(=O)Nc3ccc(Br)cc3Br)CC2)nc2c1CCCC2. The van der Waals surface area contributed by atoms with Gasteiger partial charge in [0.15, 0.2) is 0 Å². The van der Waals surface area contributed by atoms with Crippen LogP contribution in [0.15, 0.2) is 27.1 Å². The number of halogens is 2. The lowest BCUT2D eigenvalue weighted by atomic mass is 9.91. The van der Waals surface area contributed by atoms with Crippen LogP contribution in [-0.4, -0.2) is 42.2 Å². The number of hydrogen-bond donors (Lipinski definition) is 3. The number of aryl methyl sites for hydroxylation is 1. The van der Waals surface area contributed by atoms with Crippen LogP contribution in [-0.2, 0) is 12.8 Å². The van der Waals surface area contributed by atoms with Crippen molar-refractivity contribution in [2.24, 2.45) is 0 Å². The summed E-state index contributed by atoms with van der Waals surface area (Å²) in [6, 6.07) is 6.02. The van der Waals surface area contributed by atoms with E-state index in [1.54, 1.807) is 0 Å². The lowest BCUT2D eigenvalue weighted by Gasteiger charge is -2.30. The van der Waals surface area contributed by atoms with Gasteiger partial charge in [-0.05, 0) is 85.5 Å². The topological polar surface area (TPSA) is 82.2 Å². The van der Waals surface area contributed by atoms with Gasteiger partial charge in [0.05, 0.1) is 11.4 Å². The van der Waals surface area contributed by atoms with Gasteiger partial charge in [-0.1, -0.05) is 15.9 Å². The maximum absolute atomic E-state index is 12.4. The Morgan fingerprint density at radius 3 is 2.47 bits per heavy atom. The molecule has 2 amide bonds. The molecule has 1 aromatic heterocycles. The number of benzene rings is 1. The number of nitrogens with one attached hydrogen (secondary N) is 3. The predicted molar refractivity (Wildman–Crippen MR) is 137 cm³/mol. The Morgan fingerprint density at radius 2 is 1.75 bits per heavy atom. The molecule has 1 fully saturated rings. The van der Waals surface area contributed by atoms with E-state index in [-0.39, 0.29) is 12.1 Å². The summed E-state index contributed by atoms with van der Waals surface area (Å²) in [7, 11) is 4.10. The molecule has 32 heavy (non-hydrogen) atoms. The van der Waals surface area contributed by atoms with Crippen LogP contribution in [0.25, 0.3) is 0 Å². The fourth-order valence-corrected chi connectivity index (χ4v) is 5.65. The monoisotopic (exact) mass is 564 g/mol. The average molecular weight is 566 g/mol. The number of urea groups is 1. The molecule has 0 atom stereocenters. The van der Waals surface area contributed by atoms with Gasteiger partial charge in [0.1, 0.15) is 5.82 Å². The molecular formula is C23H30Br2N6O. The summed E-state index contributed by atoms with van der Waals surface area (Å²) in [5.41, 5.74) is 3.26. The first-order valence-electron chi connectivity index (χ1n) is 11.3. The number of aromatic nitrogens is 2. The van der Waals surface area contributed by atoms with Gasteiger partial charge in [-0.15, -0.1) is 0 Å². The van der Waals surface area contributed by atoms with E-state index in [2.05, 4.69) is 66.8 Å². The van der Waals surface area contributed by atoms with Crippen LogP contribution < -0.4 is 20.9 Å². The Balaban J connectivity index is 1.30. The highest BCUT2D eigenvalue weighted by atomic mass is 79.9. The molecule has 2 aliphatic rings. The number of carbonyl (C=O) groups excluding carboxylic acids is 1. The van der Waals surface area contributed by atoms with Crippen LogP contribution in [0, 0.1) is 0 Å². The number of anilines is 3. The minimum atomic E-state index is -0.168. The Hall–Kier alpha value is -1.87. The smallest absolute Gasteiger partial charge is 0.319 e. The summed E-state index contributed by atoms with van der Waals surface area (Å²) in [4.78, 5) is 24.2. The fraction of sp³-hybridized carbons (Fsp3) is 0.522. The third-order valence-corrected chi connectivity index (χ3v) is 7.31. The van der Waals surface area contributed by atoms with Crippen LogP contribution in [0.5, 0.6) is 0 Å². The summed E-state index contributed by atoms with van der Waals surface area (Å²) < 4.78 is 1.80. The highest BCUT2D eigenvalue weighted by molar-refractivity contribution is 9.11. The quantitative estimate of drug-likeness (QED) is 0.446. The second-order valence-electron chi connectivity index (χ2n) is 8.81. The van der Waals surface area contributed by atoms with E-state index in [1.807, 2.05) is 18.2 Å². The molecule has 1 heterocycles. The van der Waals surface area contributed by atoms with Gasteiger partial charge in [-0.2, -0.15) is 4.98 Å². The number of rotatable bonds is 5. The highest BCUT2D eigenvalue weighted by Crippen LogP contribution is 2.30. The summed E-state index contributed by atoms with van der Waals surface area (Å²) >= 11 is 6.91. The number of fused-ring (bicyclic) bond motifs is 1. The molecule has 0 bridgehead atoms. The molecule has 2 aliphatic carbocycles. The zero-order chi connectivity index (χ0) is 22.7. The van der Waals surface area contributed by atoms with Gasteiger partial charge in [0.2, 0.25) is 5.95 Å². The highest BCUT2D eigenvalue weighted by Gasteiger charge is 2.25. The zero-order valence-corrected chi connectivity index (χ0v) is 21.7. The van der Waals surface area contributed by atoms with E-state index < -0.39 is 0 Å². The van der Waals surface area contributed by atoms with Crippen molar-refractivity contribution >= 4 is 55.3 Å². The largest absolute Gasteiger partial charge is 0.362 e. The van der Waals surface area contributed by atoms with E-state index in [1.165, 1.54) is 24.1 Å². The third kappa shape index (κ3) is 5.73. The molecule has 0 radical (unpaired) electrons. The number of nitrogens with zero attached hydrogens (tertiary/aromatic N) is 3. The van der Waals surface area contributed by atoms with Gasteiger partial charge < -0.3 is 20.9 Å². The van der Waals surface area contributed by atoms with Gasteiger partial charge in [-0.3, -0.25) is 0 Å². The van der Waals surface area contributed by atoms with Crippen LogP contribution in [0.1, 0.15) is 49.8 Å². The molecule has 1 saturated carbocycles. The van der Waals surface area contributed by atoms with Crippen molar-refractivity contribution in [3.63, 3.8) is 0 Å². The second-order valence-corrected chi connectivity index (χ2v) is 10.6. The van der Waals surface area contributed by atoms with E-state index in [9.17, 15) is 4.79 Å². The molecule has 0 spiro atoms. The fourth-order valence-electron chi connectivity index (χ4n) is 4.51. The molecule has 3 N–H and O–H groups in total. The van der Waals surface area contributed by atoms with Crippen LogP contribution in [0.2, 0.25) is 0 Å². The maximum atomic E-state index is 12.4. The Bertz CT molecular complexity index is 975. The van der Waals surface area contributed by atoms with Gasteiger partial charge in [0.25, 0.3) is 0 Å². The normalized spacial score (nSPS) is 20.2. The Morgan fingerprint density at radius 1 is 1.03 bits per heavy atom.